The number of aromatic nitrogens is 1. The van der Waals surface area contributed by atoms with E-state index in [0.717, 1.165) is 37.6 Å². The molecule has 0 saturated carbocycles. The quantitative estimate of drug-likeness (QED) is 0.520. The van der Waals surface area contributed by atoms with Crippen molar-refractivity contribution in [2.45, 2.75) is 19.9 Å². The maximum absolute atomic E-state index is 5.67. The largest absolute Gasteiger partial charge is 0.486 e. The third kappa shape index (κ3) is 4.20. The highest BCUT2D eigenvalue weighted by Gasteiger charge is 2.12. The summed E-state index contributed by atoms with van der Waals surface area (Å²) in [5, 5.41) is 6.83. The molecule has 4 rings (SSSR count). The minimum Gasteiger partial charge on any atom is -0.486 e. The van der Waals surface area contributed by atoms with Crippen molar-refractivity contribution in [2.24, 2.45) is 10.1 Å². The zero-order valence-corrected chi connectivity index (χ0v) is 18.0. The molecule has 2 aromatic carbocycles. The first-order valence-electron chi connectivity index (χ1n) is 9.04. The van der Waals surface area contributed by atoms with Gasteiger partial charge in [0.05, 0.1) is 11.9 Å². The lowest BCUT2D eigenvalue weighted by molar-refractivity contribution is 0.171. The number of benzene rings is 2. The fourth-order valence-electron chi connectivity index (χ4n) is 2.83. The van der Waals surface area contributed by atoms with Crippen molar-refractivity contribution in [1.82, 2.24) is 4.68 Å². The number of halogens is 1. The highest BCUT2D eigenvalue weighted by atomic mass is 79.9. The van der Waals surface area contributed by atoms with Crippen LogP contribution in [0.3, 0.4) is 0 Å². The molecule has 0 radical (unpaired) electrons. The van der Waals surface area contributed by atoms with E-state index in [1.165, 1.54) is 0 Å². The first-order valence-corrected chi connectivity index (χ1v) is 10.7. The van der Waals surface area contributed by atoms with Gasteiger partial charge in [0.1, 0.15) is 13.2 Å². The second-order valence-electron chi connectivity index (χ2n) is 6.60. The molecule has 1 aliphatic heterocycles. The maximum atomic E-state index is 5.67. The van der Waals surface area contributed by atoms with Crippen molar-refractivity contribution >= 4 is 33.5 Å². The number of thiazole rings is 1. The van der Waals surface area contributed by atoms with E-state index >= 15 is 0 Å². The Kier molecular flexibility index (Phi) is 5.64. The van der Waals surface area contributed by atoms with Crippen LogP contribution in [0.15, 0.2) is 62.4 Å². The number of hydrogen-bond acceptors (Lipinski definition) is 5. The molecule has 2 heterocycles. The molecule has 0 aliphatic carbocycles. The van der Waals surface area contributed by atoms with Gasteiger partial charge in [-0.05, 0) is 49.7 Å². The molecule has 7 heteroatoms. The van der Waals surface area contributed by atoms with Crippen LogP contribution >= 0.6 is 27.3 Å². The van der Waals surface area contributed by atoms with Gasteiger partial charge >= 0.3 is 0 Å². The van der Waals surface area contributed by atoms with Crippen LogP contribution < -0.4 is 14.3 Å². The van der Waals surface area contributed by atoms with E-state index in [-0.39, 0.29) is 6.04 Å². The van der Waals surface area contributed by atoms with Gasteiger partial charge in [-0.2, -0.15) is 5.10 Å². The zero-order chi connectivity index (χ0) is 19.5. The fourth-order valence-corrected chi connectivity index (χ4v) is 4.20. The molecule has 0 unspecified atom stereocenters. The summed E-state index contributed by atoms with van der Waals surface area (Å²) in [6, 6.07) is 14.2. The Morgan fingerprint density at radius 1 is 1.11 bits per heavy atom. The summed E-state index contributed by atoms with van der Waals surface area (Å²) in [7, 11) is 0. The Morgan fingerprint density at radius 3 is 2.71 bits per heavy atom. The van der Waals surface area contributed by atoms with Gasteiger partial charge in [-0.1, -0.05) is 28.1 Å². The van der Waals surface area contributed by atoms with Crippen LogP contribution in [0.4, 0.5) is 0 Å². The molecule has 1 aromatic heterocycles. The highest BCUT2D eigenvalue weighted by molar-refractivity contribution is 9.10. The number of nitrogens with zero attached hydrogens (tertiary/aromatic N) is 3. The molecule has 0 bridgehead atoms. The summed E-state index contributed by atoms with van der Waals surface area (Å²) in [6.07, 6.45) is 1.83. The topological polar surface area (TPSA) is 48.1 Å². The Morgan fingerprint density at radius 2 is 1.93 bits per heavy atom. The van der Waals surface area contributed by atoms with E-state index in [1.54, 1.807) is 11.3 Å². The summed E-state index contributed by atoms with van der Waals surface area (Å²) in [5.74, 6) is 1.53. The lowest BCUT2D eigenvalue weighted by Crippen LogP contribution is -2.15. The number of rotatable bonds is 4. The summed E-state index contributed by atoms with van der Waals surface area (Å²) >= 11 is 5.13. The van der Waals surface area contributed by atoms with Crippen molar-refractivity contribution in [1.29, 1.82) is 0 Å². The molecular formula is C21H20BrN3O2S. The molecule has 144 valence electrons. The van der Waals surface area contributed by atoms with Gasteiger partial charge in [-0.15, -0.1) is 11.3 Å². The Labute approximate surface area is 176 Å². The van der Waals surface area contributed by atoms with Crippen molar-refractivity contribution in [3.8, 4) is 22.8 Å². The van der Waals surface area contributed by atoms with E-state index in [1.807, 2.05) is 41.2 Å². The number of hydrogen-bond donors (Lipinski definition) is 0. The standard InChI is InChI=1S/C21H20BrN3O2S/c1-14(2)24-21-25(18(13-28-21)16-4-3-5-17(22)11-16)23-12-15-6-7-19-20(10-15)27-9-8-26-19/h3-7,10-14H,8-9H2,1-2H3/b23-12-,24-21?. The predicted molar refractivity (Wildman–Crippen MR) is 117 cm³/mol. The van der Waals surface area contributed by atoms with Gasteiger partial charge in [0.15, 0.2) is 11.5 Å². The Bertz CT molecular complexity index is 1090. The molecule has 0 saturated heterocycles. The van der Waals surface area contributed by atoms with E-state index in [9.17, 15) is 0 Å². The van der Waals surface area contributed by atoms with Crippen molar-refractivity contribution in [3.63, 3.8) is 0 Å². The summed E-state index contributed by atoms with van der Waals surface area (Å²) in [6.45, 7) is 5.28. The monoisotopic (exact) mass is 457 g/mol. The first-order chi connectivity index (χ1) is 13.6. The third-order valence-electron chi connectivity index (χ3n) is 4.06. The van der Waals surface area contributed by atoms with Gasteiger partial charge in [0.25, 0.3) is 0 Å². The van der Waals surface area contributed by atoms with Crippen molar-refractivity contribution in [3.05, 3.63) is 62.7 Å². The van der Waals surface area contributed by atoms with Crippen LogP contribution in [0.2, 0.25) is 0 Å². The molecule has 3 aromatic rings. The molecule has 1 aliphatic rings. The van der Waals surface area contributed by atoms with Crippen LogP contribution in [-0.2, 0) is 0 Å². The molecule has 5 nitrogen and oxygen atoms in total. The fraction of sp³-hybridized carbons (Fsp3) is 0.238. The minimum atomic E-state index is 0.185. The van der Waals surface area contributed by atoms with E-state index < -0.39 is 0 Å². The normalized spacial score (nSPS) is 14.2. The molecule has 0 fully saturated rings. The van der Waals surface area contributed by atoms with Gasteiger partial charge in [-0.3, -0.25) is 4.99 Å². The van der Waals surface area contributed by atoms with Gasteiger partial charge in [0, 0.05) is 21.5 Å². The third-order valence-corrected chi connectivity index (χ3v) is 5.39. The number of ether oxygens (including phenoxy) is 2. The average Bonchev–Trinajstić information content (AvgIpc) is 3.08. The molecular weight excluding hydrogens is 438 g/mol. The Hall–Kier alpha value is -2.38. The Balaban J connectivity index is 1.75. The van der Waals surface area contributed by atoms with Gasteiger partial charge in [0.2, 0.25) is 4.80 Å². The lowest BCUT2D eigenvalue weighted by Gasteiger charge is -2.18. The lowest BCUT2D eigenvalue weighted by atomic mass is 10.2. The van der Waals surface area contributed by atoms with Crippen molar-refractivity contribution < 1.29 is 9.47 Å². The summed E-state index contributed by atoms with van der Waals surface area (Å²) in [5.41, 5.74) is 3.02. The van der Waals surface area contributed by atoms with Crippen LogP contribution in [-0.4, -0.2) is 30.1 Å². The smallest absolute Gasteiger partial charge is 0.206 e. The maximum Gasteiger partial charge on any atom is 0.206 e. The second kappa shape index (κ2) is 8.32. The molecule has 0 N–H and O–H groups in total. The second-order valence-corrected chi connectivity index (χ2v) is 8.35. The SMILES string of the molecule is CC(C)N=c1scc(-c2cccc(Br)c2)n1/N=C\c1ccc2c(c1)OCCO2. The van der Waals surface area contributed by atoms with Crippen LogP contribution in [0.25, 0.3) is 11.3 Å². The predicted octanol–water partition coefficient (Wildman–Crippen LogP) is 4.94. The van der Waals surface area contributed by atoms with E-state index in [4.69, 9.17) is 19.6 Å². The van der Waals surface area contributed by atoms with E-state index in [2.05, 4.69) is 47.3 Å². The highest BCUT2D eigenvalue weighted by Crippen LogP contribution is 2.30. The minimum absolute atomic E-state index is 0.185. The van der Waals surface area contributed by atoms with E-state index in [0.29, 0.717) is 13.2 Å². The first kappa shape index (κ1) is 19.0. The molecule has 0 atom stereocenters. The molecule has 0 amide bonds. The molecule has 0 spiro atoms. The zero-order valence-electron chi connectivity index (χ0n) is 15.6. The summed E-state index contributed by atoms with van der Waals surface area (Å²) in [4.78, 5) is 5.58. The summed E-state index contributed by atoms with van der Waals surface area (Å²) < 4.78 is 14.2. The van der Waals surface area contributed by atoms with Crippen molar-refractivity contribution in [2.75, 3.05) is 13.2 Å². The number of fused-ring (bicyclic) bond motifs is 1. The van der Waals surface area contributed by atoms with Crippen LogP contribution in [0.5, 0.6) is 11.5 Å². The van der Waals surface area contributed by atoms with Gasteiger partial charge in [-0.25, -0.2) is 4.68 Å². The van der Waals surface area contributed by atoms with Crippen LogP contribution in [0, 0.1) is 0 Å². The van der Waals surface area contributed by atoms with Gasteiger partial charge < -0.3 is 9.47 Å². The average molecular weight is 458 g/mol. The molecule has 28 heavy (non-hydrogen) atoms. The van der Waals surface area contributed by atoms with Crippen LogP contribution in [0.1, 0.15) is 19.4 Å².